The van der Waals surface area contributed by atoms with Crippen molar-refractivity contribution in [2.24, 2.45) is 10.7 Å². The molecule has 0 heterocycles. The van der Waals surface area contributed by atoms with Gasteiger partial charge in [-0.15, -0.1) is 0 Å². The quantitative estimate of drug-likeness (QED) is 0.0145. The van der Waals surface area contributed by atoms with Gasteiger partial charge in [0.2, 0.25) is 0 Å². The number of nitrogens with two attached hydrogens (primary N) is 1. The number of nitrogens with zero attached hydrogens (tertiary/aromatic N) is 2. The van der Waals surface area contributed by atoms with Crippen LogP contribution >= 0.6 is 0 Å². The molecule has 10 heteroatoms. The van der Waals surface area contributed by atoms with E-state index in [-0.39, 0.29) is 17.9 Å². The first kappa shape index (κ1) is 57.2. The number of aliphatic imine (C=N–C) groups is 1. The number of hydrogen-bond donors (Lipinski definition) is 5. The smallest absolute Gasteiger partial charge is 0.282 e. The fourth-order valence-electron chi connectivity index (χ4n) is 6.85. The lowest BCUT2D eigenvalue weighted by Gasteiger charge is -2.26. The molecule has 1 rings (SSSR count). The van der Waals surface area contributed by atoms with Gasteiger partial charge in [0.1, 0.15) is 24.5 Å². The molecule has 0 amide bonds. The van der Waals surface area contributed by atoms with Crippen LogP contribution in [-0.2, 0) is 0 Å². The van der Waals surface area contributed by atoms with E-state index >= 15 is 0 Å². The van der Waals surface area contributed by atoms with Crippen LogP contribution < -0.4 is 27.2 Å². The van der Waals surface area contributed by atoms with Crippen LogP contribution in [0.25, 0.3) is 0 Å². The molecule has 7 N–H and O–H groups in total. The van der Waals surface area contributed by atoms with Gasteiger partial charge in [0.25, 0.3) is 17.1 Å². The van der Waals surface area contributed by atoms with Gasteiger partial charge in [-0.05, 0) is 52.7 Å². The van der Waals surface area contributed by atoms with Gasteiger partial charge in [-0.25, -0.2) is 0 Å². The molecular weight excluding hydrogens is 715 g/mol. The number of ether oxygens (including phenoxy) is 1. The normalized spacial score (nSPS) is 12.1. The molecule has 0 aliphatic heterocycles. The standard InChI is InChI=1S/C31H58N4O5.C14H31N.C2H6/c1-5-6-7-8-9-10-11-12-13-14-15-16-19-35(20-17-18-21-40-27(37)23-33-25(2)3)24-26(36)22-34-29-28(32-4)30(38)31(29)39;1-2-3-4-5-6-7-8-9-10-11-12-13-14-15;1-2/h26-27,32,34,36-37H,5-24H2,1-4H3;2-15H2,1H3;1-2H3/p+1. The van der Waals surface area contributed by atoms with Crippen LogP contribution in [0, 0.1) is 0 Å². The van der Waals surface area contributed by atoms with Crippen LogP contribution in [-0.4, -0.2) is 90.9 Å². The summed E-state index contributed by atoms with van der Waals surface area (Å²) >= 11 is 0. The van der Waals surface area contributed by atoms with Crippen molar-refractivity contribution >= 4 is 17.1 Å². The highest BCUT2D eigenvalue weighted by Crippen LogP contribution is 2.15. The SMILES string of the molecule is CC.CCCCCCCCCCCCCCN.CCCCCCCCCCCCCCN(CCCC[OH+]C(O)CN=C(C)C)CC(O)CNc1c(NC)c(=O)c1=O. The summed E-state index contributed by atoms with van der Waals surface area (Å²) in [7, 11) is 1.61. The molecule has 0 aliphatic rings. The zero-order valence-electron chi connectivity index (χ0n) is 38.6. The molecule has 57 heavy (non-hydrogen) atoms. The molecule has 0 bridgehead atoms. The minimum Gasteiger partial charge on any atom is -0.408 e. The topological polar surface area (TPSA) is 153 Å². The van der Waals surface area contributed by atoms with Gasteiger partial charge in [0.15, 0.2) is 0 Å². The lowest BCUT2D eigenvalue weighted by Crippen LogP contribution is -2.41. The molecule has 338 valence electrons. The van der Waals surface area contributed by atoms with Crippen molar-refractivity contribution in [3.8, 4) is 0 Å². The van der Waals surface area contributed by atoms with E-state index in [0.717, 1.165) is 44.6 Å². The van der Waals surface area contributed by atoms with Crippen molar-refractivity contribution in [1.82, 2.24) is 4.90 Å². The summed E-state index contributed by atoms with van der Waals surface area (Å²) in [5.41, 5.74) is 5.89. The molecule has 0 radical (unpaired) electrons. The van der Waals surface area contributed by atoms with Crippen molar-refractivity contribution in [3.63, 3.8) is 0 Å². The van der Waals surface area contributed by atoms with E-state index in [4.69, 9.17) is 5.73 Å². The second-order valence-corrected chi connectivity index (χ2v) is 15.9. The highest BCUT2D eigenvalue weighted by molar-refractivity contribution is 5.79. The number of aliphatic hydroxyl groups excluding tert-OH is 2. The molecule has 0 aromatic heterocycles. The Balaban J connectivity index is 0. The number of nitrogens with one attached hydrogen (secondary N) is 2. The predicted octanol–water partition coefficient (Wildman–Crippen LogP) is 9.88. The molecule has 0 aliphatic carbocycles. The van der Waals surface area contributed by atoms with Crippen molar-refractivity contribution in [2.75, 3.05) is 63.6 Å². The second-order valence-electron chi connectivity index (χ2n) is 15.9. The Bertz CT molecular complexity index is 1060. The molecular formula is C47H96N5O5+. The van der Waals surface area contributed by atoms with Gasteiger partial charge >= 0.3 is 0 Å². The predicted molar refractivity (Wildman–Crippen MR) is 250 cm³/mol. The zero-order valence-corrected chi connectivity index (χ0v) is 38.6. The van der Waals surface area contributed by atoms with Crippen LogP contribution in [0.15, 0.2) is 14.6 Å². The van der Waals surface area contributed by atoms with Gasteiger partial charge in [0.05, 0.1) is 6.10 Å². The Kier molecular flexibility index (Phi) is 43.9. The zero-order chi connectivity index (χ0) is 42.8. The molecule has 0 saturated heterocycles. The summed E-state index contributed by atoms with van der Waals surface area (Å²) in [5, 5.41) is 26.3. The second kappa shape index (κ2) is 43.7. The maximum atomic E-state index is 11.8. The Morgan fingerprint density at radius 3 is 1.47 bits per heavy atom. The number of aliphatic hydroxyl groups is 4. The number of anilines is 2. The highest BCUT2D eigenvalue weighted by Gasteiger charge is 2.21. The molecule has 0 fully saturated rings. The van der Waals surface area contributed by atoms with Gasteiger partial charge in [-0.1, -0.05) is 169 Å². The molecule has 1 aromatic carbocycles. The number of hydrogen-bond acceptors (Lipinski definition) is 9. The maximum Gasteiger partial charge on any atom is 0.282 e. The Hall–Kier alpha value is -1.85. The Morgan fingerprint density at radius 2 is 1.05 bits per heavy atom. The molecule has 2 unspecified atom stereocenters. The van der Waals surface area contributed by atoms with Crippen molar-refractivity contribution in [3.05, 3.63) is 20.4 Å². The third-order valence-electron chi connectivity index (χ3n) is 10.3. The maximum absolute atomic E-state index is 11.8. The van der Waals surface area contributed by atoms with E-state index in [2.05, 4.69) is 39.1 Å². The largest absolute Gasteiger partial charge is 0.408 e. The van der Waals surface area contributed by atoms with Gasteiger partial charge < -0.3 is 36.2 Å². The minimum atomic E-state index is -0.752. The average Bonchev–Trinajstić information content (AvgIpc) is 3.21. The molecule has 2 atom stereocenters. The van der Waals surface area contributed by atoms with Crippen LogP contribution in [0.2, 0.25) is 0 Å². The lowest BCUT2D eigenvalue weighted by atomic mass is 10.1. The lowest BCUT2D eigenvalue weighted by molar-refractivity contribution is -0.206. The van der Waals surface area contributed by atoms with E-state index in [0.29, 0.717) is 19.7 Å². The third-order valence-corrected chi connectivity index (χ3v) is 10.3. The Morgan fingerprint density at radius 1 is 0.649 bits per heavy atom. The summed E-state index contributed by atoms with van der Waals surface area (Å²) in [6.45, 7) is 16.6. The minimum absolute atomic E-state index is 0.216. The molecule has 10 nitrogen and oxygen atoms in total. The molecule has 0 spiro atoms. The van der Waals surface area contributed by atoms with Crippen molar-refractivity contribution in [1.29, 1.82) is 0 Å². The monoisotopic (exact) mass is 811 g/mol. The number of unbranched alkanes of at least 4 members (excludes halogenated alkanes) is 23. The first-order valence-electron chi connectivity index (χ1n) is 23.9. The first-order valence-corrected chi connectivity index (χ1v) is 23.9. The van der Waals surface area contributed by atoms with Gasteiger partial charge in [-0.2, -0.15) is 0 Å². The van der Waals surface area contributed by atoms with Crippen molar-refractivity contribution < 1.29 is 14.9 Å². The van der Waals surface area contributed by atoms with Crippen LogP contribution in [0.4, 0.5) is 11.4 Å². The van der Waals surface area contributed by atoms with Crippen LogP contribution in [0.5, 0.6) is 0 Å². The van der Waals surface area contributed by atoms with Crippen LogP contribution in [0.3, 0.4) is 0 Å². The fourth-order valence-corrected chi connectivity index (χ4v) is 6.85. The third kappa shape index (κ3) is 35.8. The summed E-state index contributed by atoms with van der Waals surface area (Å²) in [6.07, 6.45) is 33.0. The van der Waals surface area contributed by atoms with E-state index in [1.807, 2.05) is 27.7 Å². The molecule has 0 saturated carbocycles. The summed E-state index contributed by atoms with van der Waals surface area (Å²) in [4.78, 5) is 29.9. The number of rotatable bonds is 39. The van der Waals surface area contributed by atoms with E-state index in [9.17, 15) is 19.8 Å². The summed E-state index contributed by atoms with van der Waals surface area (Å²) in [6, 6.07) is 0. The van der Waals surface area contributed by atoms with E-state index in [1.165, 1.54) is 148 Å². The van der Waals surface area contributed by atoms with E-state index in [1.54, 1.807) is 7.05 Å². The van der Waals surface area contributed by atoms with Crippen LogP contribution in [0.1, 0.15) is 208 Å². The summed E-state index contributed by atoms with van der Waals surface area (Å²) in [5.74, 6) is 0. The Labute approximate surface area is 351 Å². The van der Waals surface area contributed by atoms with Crippen molar-refractivity contribution in [2.45, 2.75) is 221 Å². The highest BCUT2D eigenvalue weighted by atomic mass is 16.6. The van der Waals surface area contributed by atoms with Gasteiger partial charge in [0, 0.05) is 32.3 Å². The summed E-state index contributed by atoms with van der Waals surface area (Å²) < 4.78 is 4.28. The average molecular weight is 811 g/mol. The van der Waals surface area contributed by atoms with E-state index < -0.39 is 23.3 Å². The fraction of sp³-hybridized carbons (Fsp3) is 0.894. The molecule has 1 aromatic rings. The first-order chi connectivity index (χ1) is 27.7. The van der Waals surface area contributed by atoms with Gasteiger partial charge in [-0.3, -0.25) is 14.6 Å².